The monoisotopic (exact) mass is 500 g/mol. The Bertz CT molecular complexity index is 477. The highest BCUT2D eigenvalue weighted by Gasteiger charge is 2.42. The molecule has 1 heterocycles. The van der Waals surface area contributed by atoms with Gasteiger partial charge in [0, 0.05) is 11.0 Å². The number of allylic oxidation sites excluding steroid dienone is 2. The second-order valence-corrected chi connectivity index (χ2v) is 7.98. The molecule has 35 heavy (non-hydrogen) atoms. The Kier molecular flexibility index (Phi) is 32.0. The molecule has 0 aromatic carbocycles. The number of nitrogens with zero attached hydrogens (tertiary/aromatic N) is 3. The van der Waals surface area contributed by atoms with Crippen LogP contribution in [0.25, 0.3) is 10.4 Å². The molecule has 4 fully saturated rings. The predicted octanol–water partition coefficient (Wildman–Crippen LogP) is 7.84. The summed E-state index contributed by atoms with van der Waals surface area (Å²) in [5.41, 5.74) is 13.4. The zero-order chi connectivity index (χ0) is 27.5. The second-order valence-electron chi connectivity index (χ2n) is 7.98. The van der Waals surface area contributed by atoms with Gasteiger partial charge in [-0.05, 0) is 76.2 Å². The Balaban J connectivity index is -0.000000360. The molecule has 6 atom stereocenters. The topological polar surface area (TPSA) is 128 Å². The largest absolute Gasteiger partial charge is 0.393 e. The number of azide groups is 1. The summed E-state index contributed by atoms with van der Waals surface area (Å²) < 4.78 is 5.15. The molecule has 0 radical (unpaired) electrons. The highest BCUT2D eigenvalue weighted by Crippen LogP contribution is 2.37. The summed E-state index contributed by atoms with van der Waals surface area (Å²) in [5, 5.41) is 21.4. The number of aliphatic hydroxyl groups is 2. The summed E-state index contributed by atoms with van der Waals surface area (Å²) in [7, 11) is 0. The minimum atomic E-state index is -0.388. The van der Waals surface area contributed by atoms with E-state index in [9.17, 15) is 0 Å². The van der Waals surface area contributed by atoms with Crippen molar-refractivity contribution in [3.05, 3.63) is 22.6 Å². The molecular weight excluding hydrogens is 440 g/mol. The first-order valence-electron chi connectivity index (χ1n) is 14.6. The van der Waals surface area contributed by atoms with Crippen molar-refractivity contribution in [2.75, 3.05) is 0 Å². The van der Waals surface area contributed by atoms with Crippen LogP contribution in [0, 0.1) is 0 Å². The van der Waals surface area contributed by atoms with Crippen molar-refractivity contribution in [3.8, 4) is 0 Å². The zero-order valence-corrected chi connectivity index (χ0v) is 24.3. The fourth-order valence-electron chi connectivity index (χ4n) is 3.89. The molecule has 0 aromatic heterocycles. The summed E-state index contributed by atoms with van der Waals surface area (Å²) in [6, 6.07) is -0.0880. The molecule has 0 aromatic rings. The SMILES string of the molecule is C1=CCCC1.C1CC2OC2C1.CC.CC.CC.CC.N[C@@H]1CCC[C@H]1O.[N-]=[N+]=N[C@@H]1CCC[C@H]1O. The molecule has 5 rings (SSSR count). The van der Waals surface area contributed by atoms with Gasteiger partial charge in [-0.2, -0.15) is 0 Å². The van der Waals surface area contributed by atoms with E-state index in [-0.39, 0.29) is 24.3 Å². The smallest absolute Gasteiger partial charge is 0.0841 e. The highest BCUT2D eigenvalue weighted by molar-refractivity contribution is 4.90. The maximum absolute atomic E-state index is 9.06. The van der Waals surface area contributed by atoms with Gasteiger partial charge in [-0.25, -0.2) is 0 Å². The Hall–Kier alpha value is -1.11. The van der Waals surface area contributed by atoms with Crippen molar-refractivity contribution in [1.29, 1.82) is 0 Å². The van der Waals surface area contributed by atoms with Gasteiger partial charge in [0.1, 0.15) is 0 Å². The van der Waals surface area contributed by atoms with E-state index in [1.807, 2.05) is 55.4 Å². The number of rotatable bonds is 1. The first-order valence-corrected chi connectivity index (χ1v) is 14.6. The molecule has 4 aliphatic carbocycles. The van der Waals surface area contributed by atoms with Gasteiger partial charge < -0.3 is 20.7 Å². The van der Waals surface area contributed by atoms with Crippen molar-refractivity contribution < 1.29 is 14.9 Å². The van der Waals surface area contributed by atoms with Crippen LogP contribution in [0.2, 0.25) is 0 Å². The molecule has 5 aliphatic rings. The van der Waals surface area contributed by atoms with Crippen molar-refractivity contribution >= 4 is 0 Å². The van der Waals surface area contributed by atoms with Crippen molar-refractivity contribution in [1.82, 2.24) is 0 Å². The Labute approximate surface area is 217 Å². The Morgan fingerprint density at radius 3 is 1.37 bits per heavy atom. The molecule has 210 valence electrons. The van der Waals surface area contributed by atoms with Crippen LogP contribution in [0.5, 0.6) is 0 Å². The van der Waals surface area contributed by atoms with E-state index in [1.165, 1.54) is 38.5 Å². The molecule has 0 spiro atoms. The summed E-state index contributed by atoms with van der Waals surface area (Å²) in [6.07, 6.45) is 19.0. The molecule has 3 saturated carbocycles. The van der Waals surface area contributed by atoms with Crippen LogP contribution in [0.3, 0.4) is 0 Å². The maximum Gasteiger partial charge on any atom is 0.0841 e. The molecule has 0 amide bonds. The maximum atomic E-state index is 9.06. The lowest BCUT2D eigenvalue weighted by Gasteiger charge is -2.04. The van der Waals surface area contributed by atoms with Crippen LogP contribution in [0.1, 0.15) is 132 Å². The number of nitrogens with two attached hydrogens (primary N) is 1. The fraction of sp³-hybridized carbons (Fsp3) is 0.929. The summed E-state index contributed by atoms with van der Waals surface area (Å²) in [5.74, 6) is 0. The van der Waals surface area contributed by atoms with Crippen molar-refractivity contribution in [2.24, 2.45) is 10.8 Å². The minimum absolute atomic E-state index is 0.0694. The number of hydrogen-bond donors (Lipinski definition) is 3. The van der Waals surface area contributed by atoms with Gasteiger partial charge >= 0.3 is 0 Å². The third-order valence-electron chi connectivity index (χ3n) is 5.75. The van der Waals surface area contributed by atoms with Crippen LogP contribution >= 0.6 is 0 Å². The van der Waals surface area contributed by atoms with Gasteiger partial charge in [0.05, 0.1) is 30.5 Å². The average molecular weight is 501 g/mol. The van der Waals surface area contributed by atoms with Crippen LogP contribution in [-0.4, -0.2) is 46.7 Å². The molecule has 7 nitrogen and oxygen atoms in total. The molecule has 0 bridgehead atoms. The number of ether oxygens (including phenoxy) is 1. The fourth-order valence-corrected chi connectivity index (χ4v) is 3.89. The van der Waals surface area contributed by atoms with Crippen LogP contribution in [0.15, 0.2) is 17.3 Å². The first-order chi connectivity index (χ1) is 17.1. The minimum Gasteiger partial charge on any atom is -0.393 e. The van der Waals surface area contributed by atoms with Gasteiger partial charge in [0.15, 0.2) is 0 Å². The summed E-state index contributed by atoms with van der Waals surface area (Å²) in [4.78, 5) is 2.63. The zero-order valence-electron chi connectivity index (χ0n) is 24.3. The van der Waals surface area contributed by atoms with E-state index in [4.69, 9.17) is 26.2 Å². The standard InChI is InChI=1S/C5H9N3O.C5H11NO.C5H8O.C5H8.4C2H6/c6-8-7-4-2-1-3-5(4)9;6-4-2-1-3-5(4)7;1-2-4-5(3-1)6-4;1-2-4-5-3-1;4*1-2/h4-5,9H,1-3H2;4-5,7H,1-3,6H2;4-5H,1-3H2;1-2H,3-5H2;4*1-2H3/t2*4-,5-;;;;;;/m11....../s1. The van der Waals surface area contributed by atoms with Crippen molar-refractivity contribution in [2.45, 2.75) is 169 Å². The number of epoxide rings is 1. The van der Waals surface area contributed by atoms with E-state index < -0.39 is 0 Å². The summed E-state index contributed by atoms with van der Waals surface area (Å²) >= 11 is 0. The molecule has 2 unspecified atom stereocenters. The van der Waals surface area contributed by atoms with Gasteiger partial charge in [-0.15, -0.1) is 0 Å². The molecular formula is C28H60N4O3. The van der Waals surface area contributed by atoms with Gasteiger partial charge in [0.2, 0.25) is 0 Å². The predicted molar refractivity (Wildman–Crippen MR) is 152 cm³/mol. The van der Waals surface area contributed by atoms with Crippen molar-refractivity contribution in [3.63, 3.8) is 0 Å². The Morgan fingerprint density at radius 2 is 1.17 bits per heavy atom. The van der Waals surface area contributed by atoms with E-state index >= 15 is 0 Å². The third-order valence-corrected chi connectivity index (χ3v) is 5.75. The molecule has 7 heteroatoms. The number of hydrogen-bond acceptors (Lipinski definition) is 5. The van der Waals surface area contributed by atoms with E-state index in [1.54, 1.807) is 0 Å². The first kappa shape index (κ1) is 38.4. The molecule has 4 N–H and O–H groups in total. The lowest BCUT2D eigenvalue weighted by Crippen LogP contribution is -2.28. The quantitative estimate of drug-likeness (QED) is 0.111. The Morgan fingerprint density at radius 1 is 0.714 bits per heavy atom. The lowest BCUT2D eigenvalue weighted by molar-refractivity contribution is 0.165. The average Bonchev–Trinajstić information content (AvgIpc) is 3.51. The van der Waals surface area contributed by atoms with Crippen LogP contribution < -0.4 is 5.73 Å². The second kappa shape index (κ2) is 29.1. The normalized spacial score (nSPS) is 29.7. The number of fused-ring (bicyclic) bond motifs is 1. The van der Waals surface area contributed by atoms with Crippen LogP contribution in [0.4, 0.5) is 0 Å². The van der Waals surface area contributed by atoms with Gasteiger partial charge in [-0.3, -0.25) is 0 Å². The van der Waals surface area contributed by atoms with E-state index in [2.05, 4.69) is 22.2 Å². The lowest BCUT2D eigenvalue weighted by atomic mass is 10.2. The molecule has 1 aliphatic heterocycles. The summed E-state index contributed by atoms with van der Waals surface area (Å²) in [6.45, 7) is 16.0. The number of aliphatic hydroxyl groups excluding tert-OH is 2. The van der Waals surface area contributed by atoms with E-state index in [0.29, 0.717) is 12.2 Å². The van der Waals surface area contributed by atoms with Gasteiger partial charge in [-0.1, -0.05) is 79.1 Å². The van der Waals surface area contributed by atoms with Gasteiger partial charge in [0.25, 0.3) is 0 Å². The third kappa shape index (κ3) is 20.8. The van der Waals surface area contributed by atoms with E-state index in [0.717, 1.165) is 38.5 Å². The van der Waals surface area contributed by atoms with Crippen LogP contribution in [-0.2, 0) is 4.74 Å². The highest BCUT2D eigenvalue weighted by atomic mass is 16.6. The molecule has 1 saturated heterocycles.